The van der Waals surface area contributed by atoms with Crippen LogP contribution in [0, 0.1) is 11.7 Å². The van der Waals surface area contributed by atoms with Gasteiger partial charge in [0.05, 0.1) is 9.85 Å². The Bertz CT molecular complexity index is 347. The molecule has 1 aromatic carbocycles. The summed E-state index contributed by atoms with van der Waals surface area (Å²) in [5.74, 6) is 0.332. The van der Waals surface area contributed by atoms with Crippen molar-refractivity contribution in [3.63, 3.8) is 0 Å². The number of hydrogen-bond acceptors (Lipinski definition) is 0. The predicted molar refractivity (Wildman–Crippen MR) is 64.7 cm³/mol. The van der Waals surface area contributed by atoms with Crippen molar-refractivity contribution in [2.45, 2.75) is 31.1 Å². The Morgan fingerprint density at radius 2 is 2.00 bits per heavy atom. The summed E-state index contributed by atoms with van der Waals surface area (Å²) in [5.41, 5.74) is 1.02. The molecule has 3 heteroatoms. The third kappa shape index (κ3) is 2.54. The Morgan fingerprint density at radius 3 is 2.60 bits per heavy atom. The molecule has 1 aliphatic carbocycles. The van der Waals surface area contributed by atoms with E-state index in [0.717, 1.165) is 5.56 Å². The van der Waals surface area contributed by atoms with Crippen molar-refractivity contribution >= 4 is 27.5 Å². The molecular weight excluding hydrogens is 278 g/mol. The van der Waals surface area contributed by atoms with Gasteiger partial charge in [-0.25, -0.2) is 4.39 Å². The van der Waals surface area contributed by atoms with Crippen molar-refractivity contribution in [1.29, 1.82) is 0 Å². The van der Waals surface area contributed by atoms with Crippen LogP contribution in [0.1, 0.15) is 36.6 Å². The molecule has 0 nitrogen and oxygen atoms in total. The van der Waals surface area contributed by atoms with Crippen LogP contribution >= 0.6 is 27.5 Å². The number of alkyl halides is 1. The van der Waals surface area contributed by atoms with Gasteiger partial charge in [-0.2, -0.15) is 0 Å². The standard InChI is InChI=1S/C12H13BrClF/c13-10-7-9(5-6-11(10)15)12(14)8-3-1-2-4-8/h5-8,12H,1-4H2. The first-order chi connectivity index (χ1) is 7.18. The topological polar surface area (TPSA) is 0 Å². The van der Waals surface area contributed by atoms with Crippen molar-refractivity contribution in [3.8, 4) is 0 Å². The molecule has 82 valence electrons. The summed E-state index contributed by atoms with van der Waals surface area (Å²) in [6.07, 6.45) is 4.94. The van der Waals surface area contributed by atoms with E-state index < -0.39 is 0 Å². The van der Waals surface area contributed by atoms with Crippen LogP contribution in [-0.2, 0) is 0 Å². The van der Waals surface area contributed by atoms with E-state index in [0.29, 0.717) is 10.4 Å². The van der Waals surface area contributed by atoms with Crippen molar-refractivity contribution in [1.82, 2.24) is 0 Å². The van der Waals surface area contributed by atoms with Crippen LogP contribution in [0.25, 0.3) is 0 Å². The van der Waals surface area contributed by atoms with E-state index in [4.69, 9.17) is 11.6 Å². The van der Waals surface area contributed by atoms with E-state index in [1.165, 1.54) is 31.7 Å². The Hall–Kier alpha value is -0.0800. The van der Waals surface area contributed by atoms with Crippen molar-refractivity contribution in [2.24, 2.45) is 5.92 Å². The molecule has 1 fully saturated rings. The lowest BCUT2D eigenvalue weighted by Gasteiger charge is -2.17. The first-order valence-electron chi connectivity index (χ1n) is 5.27. The highest BCUT2D eigenvalue weighted by molar-refractivity contribution is 9.10. The van der Waals surface area contributed by atoms with Gasteiger partial charge in [-0.1, -0.05) is 18.9 Å². The van der Waals surface area contributed by atoms with Gasteiger partial charge < -0.3 is 0 Å². The summed E-state index contributed by atoms with van der Waals surface area (Å²) in [5, 5.41) is 0.0319. The zero-order valence-corrected chi connectivity index (χ0v) is 10.7. The molecule has 1 saturated carbocycles. The molecule has 0 radical (unpaired) electrons. The minimum atomic E-state index is -0.228. The van der Waals surface area contributed by atoms with Crippen LogP contribution in [0.3, 0.4) is 0 Å². The van der Waals surface area contributed by atoms with Crippen LogP contribution in [0.5, 0.6) is 0 Å². The molecule has 2 rings (SSSR count). The van der Waals surface area contributed by atoms with Gasteiger partial charge >= 0.3 is 0 Å². The fourth-order valence-electron chi connectivity index (χ4n) is 2.21. The van der Waals surface area contributed by atoms with Crippen LogP contribution in [-0.4, -0.2) is 0 Å². The Morgan fingerprint density at radius 1 is 1.33 bits per heavy atom. The molecule has 15 heavy (non-hydrogen) atoms. The van der Waals surface area contributed by atoms with E-state index in [1.54, 1.807) is 12.1 Å². The highest BCUT2D eigenvalue weighted by atomic mass is 79.9. The van der Waals surface area contributed by atoms with Crippen molar-refractivity contribution in [3.05, 3.63) is 34.1 Å². The highest BCUT2D eigenvalue weighted by Gasteiger charge is 2.24. The fraction of sp³-hybridized carbons (Fsp3) is 0.500. The van der Waals surface area contributed by atoms with Gasteiger partial charge in [-0.15, -0.1) is 11.6 Å². The average Bonchev–Trinajstić information content (AvgIpc) is 2.74. The smallest absolute Gasteiger partial charge is 0.137 e. The van der Waals surface area contributed by atoms with Crippen LogP contribution in [0.4, 0.5) is 4.39 Å². The lowest BCUT2D eigenvalue weighted by Crippen LogP contribution is -2.03. The summed E-state index contributed by atoms with van der Waals surface area (Å²) < 4.78 is 13.6. The van der Waals surface area contributed by atoms with E-state index in [9.17, 15) is 4.39 Å². The van der Waals surface area contributed by atoms with Crippen LogP contribution in [0.2, 0.25) is 0 Å². The molecule has 0 heterocycles. The monoisotopic (exact) mass is 290 g/mol. The summed E-state index contributed by atoms with van der Waals surface area (Å²) in [6.45, 7) is 0. The Kier molecular flexibility index (Phi) is 3.68. The molecule has 0 bridgehead atoms. The van der Waals surface area contributed by atoms with E-state index in [2.05, 4.69) is 15.9 Å². The summed E-state index contributed by atoms with van der Waals surface area (Å²) in [4.78, 5) is 0. The minimum Gasteiger partial charge on any atom is -0.206 e. The van der Waals surface area contributed by atoms with Crippen molar-refractivity contribution < 1.29 is 4.39 Å². The van der Waals surface area contributed by atoms with Gasteiger partial charge in [0.2, 0.25) is 0 Å². The first-order valence-corrected chi connectivity index (χ1v) is 6.50. The van der Waals surface area contributed by atoms with Crippen LogP contribution in [0.15, 0.2) is 22.7 Å². The Labute approximate surface area is 103 Å². The summed E-state index contributed by atoms with van der Waals surface area (Å²) >= 11 is 9.58. The highest BCUT2D eigenvalue weighted by Crippen LogP contribution is 2.40. The predicted octanol–water partition coefficient (Wildman–Crippen LogP) is 5.06. The molecule has 1 aliphatic rings. The second-order valence-electron chi connectivity index (χ2n) is 4.12. The van der Waals surface area contributed by atoms with E-state index >= 15 is 0 Å². The largest absolute Gasteiger partial charge is 0.206 e. The first kappa shape index (κ1) is 11.4. The molecule has 0 amide bonds. The quantitative estimate of drug-likeness (QED) is 0.668. The lowest BCUT2D eigenvalue weighted by molar-refractivity contribution is 0.527. The molecule has 0 saturated heterocycles. The van der Waals surface area contributed by atoms with E-state index in [1.807, 2.05) is 0 Å². The fourth-order valence-corrected chi connectivity index (χ4v) is 2.99. The molecule has 1 unspecified atom stereocenters. The molecule has 1 aromatic rings. The number of halogens is 3. The van der Waals surface area contributed by atoms with Crippen LogP contribution < -0.4 is 0 Å². The molecule has 1 atom stereocenters. The third-order valence-electron chi connectivity index (χ3n) is 3.08. The van der Waals surface area contributed by atoms with Gasteiger partial charge in [0, 0.05) is 0 Å². The van der Waals surface area contributed by atoms with Crippen molar-refractivity contribution in [2.75, 3.05) is 0 Å². The van der Waals surface area contributed by atoms with Gasteiger partial charge in [-0.05, 0) is 52.4 Å². The average molecular weight is 292 g/mol. The summed E-state index contributed by atoms with van der Waals surface area (Å²) in [7, 11) is 0. The number of benzene rings is 1. The number of rotatable bonds is 2. The van der Waals surface area contributed by atoms with Gasteiger partial charge in [0.1, 0.15) is 5.82 Å². The van der Waals surface area contributed by atoms with Gasteiger partial charge in [0.25, 0.3) is 0 Å². The van der Waals surface area contributed by atoms with Gasteiger partial charge in [-0.3, -0.25) is 0 Å². The normalized spacial score (nSPS) is 19.4. The lowest BCUT2D eigenvalue weighted by atomic mass is 9.97. The van der Waals surface area contributed by atoms with E-state index in [-0.39, 0.29) is 11.2 Å². The molecular formula is C12H13BrClF. The zero-order valence-electron chi connectivity index (χ0n) is 8.35. The maximum absolute atomic E-state index is 13.0. The zero-order chi connectivity index (χ0) is 10.8. The SMILES string of the molecule is Fc1ccc(C(Cl)C2CCCC2)cc1Br. The number of hydrogen-bond donors (Lipinski definition) is 0. The third-order valence-corrected chi connectivity index (χ3v) is 4.29. The maximum Gasteiger partial charge on any atom is 0.137 e. The minimum absolute atomic E-state index is 0.0319. The molecule has 0 aliphatic heterocycles. The van der Waals surface area contributed by atoms with Gasteiger partial charge in [0.15, 0.2) is 0 Å². The second kappa shape index (κ2) is 4.84. The maximum atomic E-state index is 13.0. The molecule has 0 spiro atoms. The second-order valence-corrected chi connectivity index (χ2v) is 5.44. The Balaban J connectivity index is 2.17. The summed E-state index contributed by atoms with van der Waals surface area (Å²) in [6, 6.07) is 5.06. The molecule has 0 aromatic heterocycles. The molecule has 0 N–H and O–H groups in total.